The second-order valence-corrected chi connectivity index (χ2v) is 4.62. The maximum Gasteiger partial charge on any atom is 0.180 e. The van der Waals surface area contributed by atoms with E-state index >= 15 is 0 Å². The molecule has 0 atom stereocenters. The maximum absolute atomic E-state index is 5.59. The Labute approximate surface area is 116 Å². The van der Waals surface area contributed by atoms with Crippen molar-refractivity contribution < 1.29 is 4.74 Å². The summed E-state index contributed by atoms with van der Waals surface area (Å²) in [4.78, 5) is 0. The largest absolute Gasteiger partial charge is 0.496 e. The number of methoxy groups -OCH3 is 1. The van der Waals surface area contributed by atoms with Crippen molar-refractivity contribution in [3.8, 4) is 5.75 Å². The summed E-state index contributed by atoms with van der Waals surface area (Å²) in [5, 5.41) is 10.5. The predicted molar refractivity (Wildman–Crippen MR) is 83.2 cm³/mol. The van der Waals surface area contributed by atoms with E-state index in [1.54, 1.807) is 13.3 Å². The first kappa shape index (κ1) is 13.4. The predicted octanol–water partition coefficient (Wildman–Crippen LogP) is 2.86. The van der Waals surface area contributed by atoms with Gasteiger partial charge in [-0.05, 0) is 23.1 Å². The van der Waals surface area contributed by atoms with Crippen molar-refractivity contribution in [2.75, 3.05) is 13.4 Å². The lowest BCUT2D eigenvalue weighted by Gasteiger charge is -2.07. The zero-order valence-corrected chi connectivity index (χ0v) is 11.6. The molecule has 0 bridgehead atoms. The third-order valence-electron chi connectivity index (χ3n) is 2.70. The number of hydrogen-bond acceptors (Lipinski definition) is 4. The fourth-order valence-corrected chi connectivity index (χ4v) is 1.90. The maximum atomic E-state index is 5.59. The first-order chi connectivity index (χ1) is 9.26. The molecule has 2 aromatic carbocycles. The minimum Gasteiger partial charge on any atom is -0.496 e. The van der Waals surface area contributed by atoms with Gasteiger partial charge >= 0.3 is 0 Å². The third-order valence-corrected chi connectivity index (χ3v) is 3.20. The molecule has 0 saturated carbocycles. The Morgan fingerprint density at radius 2 is 2.05 bits per heavy atom. The normalized spacial score (nSPS) is 12.2. The molecular weight excluding hydrogens is 258 g/mol. The van der Waals surface area contributed by atoms with Gasteiger partial charge in [0.2, 0.25) is 0 Å². The van der Waals surface area contributed by atoms with Crippen LogP contribution in [0.1, 0.15) is 5.56 Å². The molecule has 19 heavy (non-hydrogen) atoms. The van der Waals surface area contributed by atoms with Crippen molar-refractivity contribution in [1.29, 1.82) is 0 Å². The van der Waals surface area contributed by atoms with Crippen LogP contribution in [-0.4, -0.2) is 24.7 Å². The molecule has 0 spiro atoms. The molecule has 0 aliphatic heterocycles. The topological polar surface area (TPSA) is 60.0 Å². The molecule has 2 N–H and O–H groups in total. The van der Waals surface area contributed by atoms with Crippen molar-refractivity contribution in [3.63, 3.8) is 0 Å². The van der Waals surface area contributed by atoms with Crippen molar-refractivity contribution in [1.82, 2.24) is 0 Å². The van der Waals surface area contributed by atoms with E-state index in [0.29, 0.717) is 5.17 Å². The Morgan fingerprint density at radius 3 is 2.79 bits per heavy atom. The van der Waals surface area contributed by atoms with Crippen LogP contribution in [0.15, 0.2) is 46.6 Å². The first-order valence-electron chi connectivity index (χ1n) is 5.72. The smallest absolute Gasteiger partial charge is 0.180 e. The Hall–Kier alpha value is -2.01. The minimum absolute atomic E-state index is 0.426. The Morgan fingerprint density at radius 1 is 1.26 bits per heavy atom. The number of benzene rings is 2. The van der Waals surface area contributed by atoms with E-state index in [1.165, 1.54) is 11.8 Å². The van der Waals surface area contributed by atoms with E-state index in [0.717, 1.165) is 22.1 Å². The quantitative estimate of drug-likeness (QED) is 0.531. The molecule has 0 heterocycles. The fraction of sp³-hybridized carbons (Fsp3) is 0.143. The zero-order chi connectivity index (χ0) is 13.7. The summed E-state index contributed by atoms with van der Waals surface area (Å²) in [6.45, 7) is 0. The van der Waals surface area contributed by atoms with Crippen LogP contribution in [0.5, 0.6) is 5.75 Å². The molecule has 0 fully saturated rings. The molecule has 0 saturated heterocycles. The molecule has 0 unspecified atom stereocenters. The van der Waals surface area contributed by atoms with Crippen molar-refractivity contribution in [3.05, 3.63) is 42.0 Å². The van der Waals surface area contributed by atoms with Crippen molar-refractivity contribution in [2.24, 2.45) is 15.9 Å². The second kappa shape index (κ2) is 6.24. The van der Waals surface area contributed by atoms with Gasteiger partial charge in [0, 0.05) is 5.56 Å². The lowest BCUT2D eigenvalue weighted by molar-refractivity contribution is 0.415. The van der Waals surface area contributed by atoms with Gasteiger partial charge in [0.1, 0.15) is 5.75 Å². The molecule has 2 aromatic rings. The molecule has 5 heteroatoms. The highest BCUT2D eigenvalue weighted by molar-refractivity contribution is 8.13. The van der Waals surface area contributed by atoms with Gasteiger partial charge in [0.05, 0.1) is 13.3 Å². The van der Waals surface area contributed by atoms with Gasteiger partial charge in [-0.25, -0.2) is 0 Å². The molecule has 4 nitrogen and oxygen atoms in total. The summed E-state index contributed by atoms with van der Waals surface area (Å²) >= 11 is 1.36. The van der Waals surface area contributed by atoms with Gasteiger partial charge in [-0.1, -0.05) is 42.1 Å². The average molecular weight is 273 g/mol. The number of thioether (sulfide) groups is 1. The second-order valence-electron chi connectivity index (χ2n) is 3.79. The molecule has 2 rings (SSSR count). The van der Waals surface area contributed by atoms with E-state index in [1.807, 2.05) is 42.7 Å². The monoisotopic (exact) mass is 273 g/mol. The SMILES string of the molecule is COc1ccc2ccccc2c1/C=N\N=C(/N)SC. The van der Waals surface area contributed by atoms with Gasteiger partial charge < -0.3 is 10.5 Å². The molecular formula is C14H15N3OS. The molecule has 0 radical (unpaired) electrons. The van der Waals surface area contributed by atoms with E-state index in [9.17, 15) is 0 Å². The Balaban J connectivity index is 2.50. The summed E-state index contributed by atoms with van der Waals surface area (Å²) in [5.74, 6) is 0.764. The average Bonchev–Trinajstić information content (AvgIpc) is 2.47. The van der Waals surface area contributed by atoms with E-state index in [2.05, 4.69) is 10.2 Å². The lowest BCUT2D eigenvalue weighted by Crippen LogP contribution is -2.04. The summed E-state index contributed by atoms with van der Waals surface area (Å²) in [5.41, 5.74) is 6.49. The Kier molecular flexibility index (Phi) is 4.41. The van der Waals surface area contributed by atoms with Crippen molar-refractivity contribution >= 4 is 33.9 Å². The van der Waals surface area contributed by atoms with Crippen LogP contribution < -0.4 is 10.5 Å². The molecule has 0 aliphatic carbocycles. The van der Waals surface area contributed by atoms with Crippen molar-refractivity contribution in [2.45, 2.75) is 0 Å². The highest BCUT2D eigenvalue weighted by Gasteiger charge is 2.05. The Bertz CT molecular complexity index is 638. The molecule has 98 valence electrons. The highest BCUT2D eigenvalue weighted by atomic mass is 32.2. The van der Waals surface area contributed by atoms with E-state index < -0.39 is 0 Å². The third kappa shape index (κ3) is 3.06. The number of hydrogen-bond donors (Lipinski definition) is 1. The molecule has 0 amide bonds. The summed E-state index contributed by atoms with van der Waals surface area (Å²) in [6, 6.07) is 12.0. The van der Waals surface area contributed by atoms with Gasteiger partial charge in [0.15, 0.2) is 5.17 Å². The molecule has 0 aromatic heterocycles. The number of nitrogens with zero attached hydrogens (tertiary/aromatic N) is 2. The number of ether oxygens (including phenoxy) is 1. The first-order valence-corrected chi connectivity index (χ1v) is 6.95. The van der Waals surface area contributed by atoms with E-state index in [-0.39, 0.29) is 0 Å². The molecule has 0 aliphatic rings. The summed E-state index contributed by atoms with van der Waals surface area (Å²) in [6.07, 6.45) is 3.52. The summed E-state index contributed by atoms with van der Waals surface area (Å²) in [7, 11) is 1.64. The van der Waals surface area contributed by atoms with Gasteiger partial charge in [-0.15, -0.1) is 5.10 Å². The van der Waals surface area contributed by atoms with Gasteiger partial charge in [0.25, 0.3) is 0 Å². The van der Waals surface area contributed by atoms with Crippen LogP contribution in [0.2, 0.25) is 0 Å². The van der Waals surface area contributed by atoms with Crippen LogP contribution in [0.25, 0.3) is 10.8 Å². The minimum atomic E-state index is 0.426. The van der Waals surface area contributed by atoms with Crippen LogP contribution in [-0.2, 0) is 0 Å². The highest BCUT2D eigenvalue weighted by Crippen LogP contribution is 2.26. The van der Waals surface area contributed by atoms with Crippen LogP contribution >= 0.6 is 11.8 Å². The van der Waals surface area contributed by atoms with Gasteiger partial charge in [-0.2, -0.15) is 5.10 Å². The standard InChI is InChI=1S/C14H15N3OS/c1-18-13-8-7-10-5-3-4-6-11(10)12(13)9-16-17-14(15)19-2/h3-9H,1-2H3,(H2,15,17)/b16-9-. The lowest BCUT2D eigenvalue weighted by atomic mass is 10.0. The van der Waals surface area contributed by atoms with Gasteiger partial charge in [-0.3, -0.25) is 0 Å². The van der Waals surface area contributed by atoms with Crippen LogP contribution in [0.4, 0.5) is 0 Å². The van der Waals surface area contributed by atoms with E-state index in [4.69, 9.17) is 10.5 Å². The number of nitrogens with two attached hydrogens (primary N) is 1. The van der Waals surface area contributed by atoms with Crippen LogP contribution in [0.3, 0.4) is 0 Å². The number of amidine groups is 1. The fourth-order valence-electron chi connectivity index (χ4n) is 1.77. The zero-order valence-electron chi connectivity index (χ0n) is 10.8. The number of rotatable bonds is 3. The summed E-state index contributed by atoms with van der Waals surface area (Å²) < 4.78 is 5.36. The number of fused-ring (bicyclic) bond motifs is 1. The van der Waals surface area contributed by atoms with Crippen LogP contribution in [0, 0.1) is 0 Å².